The van der Waals surface area contributed by atoms with Crippen LogP contribution in [0.1, 0.15) is 44.2 Å². The zero-order valence-electron chi connectivity index (χ0n) is 12.1. The van der Waals surface area contributed by atoms with Crippen LogP contribution in [0, 0.1) is 11.8 Å². The molecule has 0 radical (unpaired) electrons. The summed E-state index contributed by atoms with van der Waals surface area (Å²) in [6.07, 6.45) is 3.95. The average Bonchev–Trinajstić information content (AvgIpc) is 2.36. The molecule has 0 heterocycles. The number of nitrogens with two attached hydrogens (primary N) is 1. The third kappa shape index (κ3) is 4.18. The highest BCUT2D eigenvalue weighted by atomic mass is 35.5. The van der Waals surface area contributed by atoms with E-state index in [9.17, 15) is 0 Å². The maximum atomic E-state index is 6.25. The van der Waals surface area contributed by atoms with Crippen molar-refractivity contribution >= 4 is 28.8 Å². The lowest BCUT2D eigenvalue weighted by atomic mass is 9.82. The quantitative estimate of drug-likeness (QED) is 0.841. The molecule has 0 spiro atoms. The molecule has 1 aromatic carbocycles. The topological polar surface area (TPSA) is 35.2 Å². The molecule has 0 saturated heterocycles. The summed E-state index contributed by atoms with van der Waals surface area (Å²) in [5.41, 5.74) is 7.39. The van der Waals surface area contributed by atoms with Crippen LogP contribution >= 0.6 is 23.8 Å². The molecule has 1 aromatic rings. The van der Waals surface area contributed by atoms with Crippen LogP contribution in [-0.4, -0.2) is 11.1 Å². The molecule has 1 aliphatic carbocycles. The number of hydrogen-bond acceptors (Lipinski definition) is 2. The van der Waals surface area contributed by atoms with E-state index in [-0.39, 0.29) is 0 Å². The summed E-state index contributed by atoms with van der Waals surface area (Å²) in [7, 11) is 0. The maximum Gasteiger partial charge on any atom is 0.104 e. The second-order valence-electron chi connectivity index (χ2n) is 6.02. The van der Waals surface area contributed by atoms with Crippen molar-refractivity contribution in [2.45, 2.75) is 45.8 Å². The van der Waals surface area contributed by atoms with E-state index >= 15 is 0 Å². The molecule has 1 aliphatic rings. The number of halogens is 1. The molecule has 2 unspecified atom stereocenters. The Kier molecular flexibility index (Phi) is 5.42. The lowest BCUT2D eigenvalue weighted by molar-refractivity contribution is -0.00912. The van der Waals surface area contributed by atoms with Crippen molar-refractivity contribution in [3.05, 3.63) is 34.3 Å². The third-order valence-electron chi connectivity index (χ3n) is 3.95. The van der Waals surface area contributed by atoms with Crippen LogP contribution in [-0.2, 0) is 11.3 Å². The van der Waals surface area contributed by atoms with Crippen molar-refractivity contribution in [2.75, 3.05) is 0 Å². The van der Waals surface area contributed by atoms with Gasteiger partial charge in [0, 0.05) is 10.6 Å². The summed E-state index contributed by atoms with van der Waals surface area (Å²) >= 11 is 11.2. The van der Waals surface area contributed by atoms with Gasteiger partial charge in [0.2, 0.25) is 0 Å². The van der Waals surface area contributed by atoms with Gasteiger partial charge in [-0.3, -0.25) is 0 Å². The van der Waals surface area contributed by atoms with Gasteiger partial charge in [0.15, 0.2) is 0 Å². The monoisotopic (exact) mass is 311 g/mol. The number of benzene rings is 1. The van der Waals surface area contributed by atoms with Crippen molar-refractivity contribution in [3.63, 3.8) is 0 Å². The molecule has 0 amide bonds. The van der Waals surface area contributed by atoms with E-state index in [0.717, 1.165) is 35.8 Å². The Morgan fingerprint density at radius 2 is 1.95 bits per heavy atom. The lowest BCUT2D eigenvalue weighted by Crippen LogP contribution is -2.26. The Bertz CT molecular complexity index is 481. The van der Waals surface area contributed by atoms with Crippen molar-refractivity contribution in [1.29, 1.82) is 0 Å². The van der Waals surface area contributed by atoms with Crippen LogP contribution in [0.15, 0.2) is 18.2 Å². The van der Waals surface area contributed by atoms with E-state index in [1.54, 1.807) is 0 Å². The molecular formula is C16H22ClNOS. The Labute approximate surface area is 131 Å². The minimum Gasteiger partial charge on any atom is -0.389 e. The van der Waals surface area contributed by atoms with E-state index in [1.165, 1.54) is 6.42 Å². The summed E-state index contributed by atoms with van der Waals surface area (Å²) in [6.45, 7) is 5.16. The highest BCUT2D eigenvalue weighted by Gasteiger charge is 2.24. The van der Waals surface area contributed by atoms with E-state index < -0.39 is 0 Å². The van der Waals surface area contributed by atoms with Gasteiger partial charge < -0.3 is 10.5 Å². The molecule has 20 heavy (non-hydrogen) atoms. The predicted octanol–water partition coefficient (Wildman–Crippen LogP) is 4.32. The second kappa shape index (κ2) is 6.88. The highest BCUT2D eigenvalue weighted by Crippen LogP contribution is 2.31. The molecule has 1 saturated carbocycles. The lowest BCUT2D eigenvalue weighted by Gasteiger charge is -2.31. The molecule has 1 fully saturated rings. The van der Waals surface area contributed by atoms with Gasteiger partial charge in [0.25, 0.3) is 0 Å². The van der Waals surface area contributed by atoms with Crippen LogP contribution in [0.3, 0.4) is 0 Å². The second-order valence-corrected chi connectivity index (χ2v) is 6.87. The van der Waals surface area contributed by atoms with Crippen LogP contribution in [0.25, 0.3) is 0 Å². The number of thiocarbonyl (C=S) groups is 1. The Hall–Kier alpha value is -0.640. The predicted molar refractivity (Wildman–Crippen MR) is 88.1 cm³/mol. The van der Waals surface area contributed by atoms with Gasteiger partial charge in [-0.05, 0) is 42.7 Å². The smallest absolute Gasteiger partial charge is 0.104 e. The van der Waals surface area contributed by atoms with Gasteiger partial charge in [-0.15, -0.1) is 0 Å². The first-order valence-electron chi connectivity index (χ1n) is 7.15. The molecule has 0 aromatic heterocycles. The molecule has 2 atom stereocenters. The summed E-state index contributed by atoms with van der Waals surface area (Å²) in [5.74, 6) is 1.49. The SMILES string of the molecule is CC1CC(C)CC(OCc2ccc(C(N)=S)cc2Cl)C1. The summed E-state index contributed by atoms with van der Waals surface area (Å²) < 4.78 is 6.04. The van der Waals surface area contributed by atoms with Crippen molar-refractivity contribution in [3.8, 4) is 0 Å². The van der Waals surface area contributed by atoms with Gasteiger partial charge >= 0.3 is 0 Å². The van der Waals surface area contributed by atoms with Crippen molar-refractivity contribution in [2.24, 2.45) is 17.6 Å². The summed E-state index contributed by atoms with van der Waals surface area (Å²) in [4.78, 5) is 0.370. The van der Waals surface area contributed by atoms with E-state index in [0.29, 0.717) is 22.7 Å². The van der Waals surface area contributed by atoms with Crippen LogP contribution < -0.4 is 5.73 Å². The molecule has 4 heteroatoms. The first kappa shape index (κ1) is 15.7. The first-order chi connectivity index (χ1) is 9.45. The molecule has 0 bridgehead atoms. The van der Waals surface area contributed by atoms with Gasteiger partial charge in [-0.1, -0.05) is 49.8 Å². The molecule has 110 valence electrons. The van der Waals surface area contributed by atoms with Crippen molar-refractivity contribution < 1.29 is 4.74 Å². The zero-order valence-corrected chi connectivity index (χ0v) is 13.6. The number of hydrogen-bond donors (Lipinski definition) is 1. The van der Waals surface area contributed by atoms with Gasteiger partial charge in [0.05, 0.1) is 12.7 Å². The van der Waals surface area contributed by atoms with E-state index in [2.05, 4.69) is 13.8 Å². The fraction of sp³-hybridized carbons (Fsp3) is 0.562. The Morgan fingerprint density at radius 3 is 2.50 bits per heavy atom. The first-order valence-corrected chi connectivity index (χ1v) is 7.94. The molecule has 0 aliphatic heterocycles. The minimum absolute atomic E-state index is 0.347. The zero-order chi connectivity index (χ0) is 14.7. The fourth-order valence-corrected chi connectivity index (χ4v) is 3.40. The summed E-state index contributed by atoms with van der Waals surface area (Å²) in [6, 6.07) is 5.67. The Balaban J connectivity index is 1.95. The number of rotatable bonds is 4. The van der Waals surface area contributed by atoms with Crippen LogP contribution in [0.4, 0.5) is 0 Å². The standard InChI is InChI=1S/C16H22ClNOS/c1-10-5-11(2)7-14(6-10)19-9-13-4-3-12(16(18)20)8-15(13)17/h3-4,8,10-11,14H,5-7,9H2,1-2H3,(H2,18,20). The highest BCUT2D eigenvalue weighted by molar-refractivity contribution is 7.80. The molecule has 2 N–H and O–H groups in total. The Morgan fingerprint density at radius 1 is 1.30 bits per heavy atom. The van der Waals surface area contributed by atoms with E-state index in [4.69, 9.17) is 34.3 Å². The van der Waals surface area contributed by atoms with Gasteiger partial charge in [0.1, 0.15) is 4.99 Å². The van der Waals surface area contributed by atoms with Crippen molar-refractivity contribution in [1.82, 2.24) is 0 Å². The molecule has 2 rings (SSSR count). The molecule has 2 nitrogen and oxygen atoms in total. The normalized spacial score (nSPS) is 26.4. The average molecular weight is 312 g/mol. The fourth-order valence-electron chi connectivity index (χ4n) is 3.03. The minimum atomic E-state index is 0.347. The molecular weight excluding hydrogens is 290 g/mol. The summed E-state index contributed by atoms with van der Waals surface area (Å²) in [5, 5.41) is 0.673. The van der Waals surface area contributed by atoms with Gasteiger partial charge in [-0.2, -0.15) is 0 Å². The maximum absolute atomic E-state index is 6.25. The third-order valence-corrected chi connectivity index (χ3v) is 4.53. The number of ether oxygens (including phenoxy) is 1. The largest absolute Gasteiger partial charge is 0.389 e. The van der Waals surface area contributed by atoms with Crippen LogP contribution in [0.5, 0.6) is 0 Å². The van der Waals surface area contributed by atoms with Crippen LogP contribution in [0.2, 0.25) is 5.02 Å². The van der Waals surface area contributed by atoms with E-state index in [1.807, 2.05) is 18.2 Å². The van der Waals surface area contributed by atoms with Gasteiger partial charge in [-0.25, -0.2) is 0 Å².